The molecule has 0 bridgehead atoms. The Morgan fingerprint density at radius 1 is 1.37 bits per heavy atom. The Balaban J connectivity index is 2.21. The Bertz CT molecular complexity index is 609. The van der Waals surface area contributed by atoms with Crippen LogP contribution in [0, 0.1) is 6.92 Å². The normalized spacial score (nSPS) is 12.2. The number of nitrogens with one attached hydrogen (secondary N) is 1. The lowest BCUT2D eigenvalue weighted by Gasteiger charge is -2.14. The molecule has 2 N–H and O–H groups in total. The first-order valence-electron chi connectivity index (χ1n) is 5.82. The van der Waals surface area contributed by atoms with Crippen LogP contribution in [0.4, 0.5) is 5.69 Å². The van der Waals surface area contributed by atoms with Gasteiger partial charge in [-0.3, -0.25) is 0 Å². The Kier molecular flexibility index (Phi) is 4.27. The summed E-state index contributed by atoms with van der Waals surface area (Å²) in [5, 5.41) is 12.4. The van der Waals surface area contributed by atoms with Crippen LogP contribution in [0.15, 0.2) is 34.8 Å². The van der Waals surface area contributed by atoms with Gasteiger partial charge in [-0.2, -0.15) is 0 Å². The van der Waals surface area contributed by atoms with Crippen LogP contribution in [-0.4, -0.2) is 11.1 Å². The van der Waals surface area contributed by atoms with Crippen LogP contribution in [0.5, 0.6) is 0 Å². The first kappa shape index (κ1) is 14.1. The number of hydrogen-bond donors (Lipinski definition) is 2. The van der Waals surface area contributed by atoms with Crippen LogP contribution >= 0.6 is 27.3 Å². The molecule has 0 aliphatic carbocycles. The van der Waals surface area contributed by atoms with Crippen molar-refractivity contribution in [2.24, 2.45) is 0 Å². The third-order valence-electron chi connectivity index (χ3n) is 2.72. The maximum atomic E-state index is 11.0. The van der Waals surface area contributed by atoms with Gasteiger partial charge in [-0.15, -0.1) is 11.3 Å². The minimum Gasteiger partial charge on any atom is -0.478 e. The topological polar surface area (TPSA) is 49.3 Å². The van der Waals surface area contributed by atoms with Crippen LogP contribution < -0.4 is 5.32 Å². The number of carboxylic acids is 1. The summed E-state index contributed by atoms with van der Waals surface area (Å²) >= 11 is 5.07. The molecule has 1 unspecified atom stereocenters. The number of rotatable bonds is 4. The molecule has 1 aromatic carbocycles. The van der Waals surface area contributed by atoms with E-state index in [9.17, 15) is 4.79 Å². The van der Waals surface area contributed by atoms with E-state index in [1.165, 1.54) is 9.75 Å². The highest BCUT2D eigenvalue weighted by Gasteiger charge is 2.10. The monoisotopic (exact) mass is 339 g/mol. The van der Waals surface area contributed by atoms with E-state index in [-0.39, 0.29) is 11.6 Å². The molecule has 2 rings (SSSR count). The quantitative estimate of drug-likeness (QED) is 0.849. The predicted molar refractivity (Wildman–Crippen MR) is 82.2 cm³/mol. The summed E-state index contributed by atoms with van der Waals surface area (Å²) < 4.78 is 0.754. The van der Waals surface area contributed by atoms with Crippen LogP contribution in [0.3, 0.4) is 0 Å². The second kappa shape index (κ2) is 5.75. The number of carboxylic acid groups (broad SMARTS) is 1. The maximum absolute atomic E-state index is 11.0. The Hall–Kier alpha value is -1.33. The summed E-state index contributed by atoms with van der Waals surface area (Å²) in [6.07, 6.45) is 0. The molecule has 0 radical (unpaired) electrons. The number of aromatic carboxylic acids is 1. The maximum Gasteiger partial charge on any atom is 0.335 e. The number of carbonyl (C=O) groups is 1. The molecule has 0 aliphatic heterocycles. The van der Waals surface area contributed by atoms with Gasteiger partial charge in [0.15, 0.2) is 0 Å². The molecular formula is C14H14BrNO2S. The number of benzene rings is 1. The van der Waals surface area contributed by atoms with Crippen molar-refractivity contribution in [3.8, 4) is 0 Å². The highest BCUT2D eigenvalue weighted by Crippen LogP contribution is 2.27. The zero-order valence-electron chi connectivity index (χ0n) is 10.6. The fraction of sp³-hybridized carbons (Fsp3) is 0.214. The fourth-order valence-electron chi connectivity index (χ4n) is 1.80. The fourth-order valence-corrected chi connectivity index (χ4v) is 3.18. The van der Waals surface area contributed by atoms with E-state index in [0.29, 0.717) is 0 Å². The number of halogens is 1. The minimum absolute atomic E-state index is 0.148. The van der Waals surface area contributed by atoms with Crippen molar-refractivity contribution >= 4 is 38.9 Å². The van der Waals surface area contributed by atoms with Crippen molar-refractivity contribution in [2.75, 3.05) is 5.32 Å². The van der Waals surface area contributed by atoms with E-state index >= 15 is 0 Å². The molecule has 0 saturated heterocycles. The van der Waals surface area contributed by atoms with E-state index in [0.717, 1.165) is 10.2 Å². The van der Waals surface area contributed by atoms with E-state index < -0.39 is 5.97 Å². The highest BCUT2D eigenvalue weighted by atomic mass is 79.9. The van der Waals surface area contributed by atoms with Gasteiger partial charge in [0.25, 0.3) is 0 Å². The van der Waals surface area contributed by atoms with Crippen molar-refractivity contribution in [1.29, 1.82) is 0 Å². The summed E-state index contributed by atoms with van der Waals surface area (Å²) in [6.45, 7) is 4.13. The second-order valence-electron chi connectivity index (χ2n) is 4.35. The molecule has 5 heteroatoms. The summed E-state index contributed by atoms with van der Waals surface area (Å²) in [5.74, 6) is -0.927. The lowest BCUT2D eigenvalue weighted by molar-refractivity contribution is 0.0697. The average molecular weight is 340 g/mol. The molecule has 3 nitrogen and oxygen atoms in total. The third-order valence-corrected chi connectivity index (χ3v) is 4.36. The lowest BCUT2D eigenvalue weighted by atomic mass is 10.2. The van der Waals surface area contributed by atoms with E-state index in [1.807, 2.05) is 6.07 Å². The van der Waals surface area contributed by atoms with Crippen molar-refractivity contribution in [3.63, 3.8) is 0 Å². The Morgan fingerprint density at radius 3 is 2.68 bits per heavy atom. The standard InChI is InChI=1S/C14H14BrNO2S/c1-8-3-4-13(19-8)9(2)16-12-6-10(14(17)18)5-11(15)7-12/h3-7,9,16H,1-2H3,(H,17,18). The van der Waals surface area contributed by atoms with Gasteiger partial charge >= 0.3 is 5.97 Å². The molecule has 2 aromatic rings. The van der Waals surface area contributed by atoms with Gasteiger partial charge in [0, 0.05) is 19.9 Å². The number of aryl methyl sites for hydroxylation is 1. The molecule has 1 aromatic heterocycles. The van der Waals surface area contributed by atoms with Gasteiger partial charge in [0.05, 0.1) is 11.6 Å². The number of hydrogen-bond acceptors (Lipinski definition) is 3. The summed E-state index contributed by atoms with van der Waals surface area (Å²) in [5.41, 5.74) is 1.07. The molecular weight excluding hydrogens is 326 g/mol. The molecule has 0 amide bonds. The SMILES string of the molecule is Cc1ccc(C(C)Nc2cc(Br)cc(C(=O)O)c2)s1. The molecule has 0 spiro atoms. The Labute approximate surface area is 124 Å². The van der Waals surface area contributed by atoms with Crippen LogP contribution in [0.25, 0.3) is 0 Å². The Morgan fingerprint density at radius 2 is 2.11 bits per heavy atom. The third kappa shape index (κ3) is 3.58. The molecule has 100 valence electrons. The summed E-state index contributed by atoms with van der Waals surface area (Å²) in [4.78, 5) is 13.5. The van der Waals surface area contributed by atoms with Crippen LogP contribution in [0.1, 0.15) is 33.1 Å². The van der Waals surface area contributed by atoms with Crippen molar-refractivity contribution in [1.82, 2.24) is 0 Å². The van der Waals surface area contributed by atoms with Gasteiger partial charge in [0.1, 0.15) is 0 Å². The van der Waals surface area contributed by atoms with E-state index in [1.54, 1.807) is 23.5 Å². The van der Waals surface area contributed by atoms with Crippen molar-refractivity contribution in [2.45, 2.75) is 19.9 Å². The molecule has 0 fully saturated rings. The number of thiophene rings is 1. The minimum atomic E-state index is -0.927. The van der Waals surface area contributed by atoms with E-state index in [2.05, 4.69) is 47.2 Å². The van der Waals surface area contributed by atoms with Crippen molar-refractivity contribution < 1.29 is 9.90 Å². The first-order valence-corrected chi connectivity index (χ1v) is 7.43. The lowest BCUT2D eigenvalue weighted by Crippen LogP contribution is -2.06. The molecule has 19 heavy (non-hydrogen) atoms. The van der Waals surface area contributed by atoms with Gasteiger partial charge in [-0.1, -0.05) is 15.9 Å². The smallest absolute Gasteiger partial charge is 0.335 e. The zero-order chi connectivity index (χ0) is 14.0. The van der Waals surface area contributed by atoms with Crippen molar-refractivity contribution in [3.05, 3.63) is 50.1 Å². The van der Waals surface area contributed by atoms with Gasteiger partial charge in [0.2, 0.25) is 0 Å². The first-order chi connectivity index (χ1) is 8.95. The zero-order valence-corrected chi connectivity index (χ0v) is 13.0. The largest absolute Gasteiger partial charge is 0.478 e. The summed E-state index contributed by atoms with van der Waals surface area (Å²) in [7, 11) is 0. The average Bonchev–Trinajstić information content (AvgIpc) is 2.75. The summed E-state index contributed by atoms with van der Waals surface area (Å²) in [6, 6.07) is 9.44. The van der Waals surface area contributed by atoms with Crippen LogP contribution in [-0.2, 0) is 0 Å². The highest BCUT2D eigenvalue weighted by molar-refractivity contribution is 9.10. The molecule has 0 aliphatic rings. The van der Waals surface area contributed by atoms with Gasteiger partial charge < -0.3 is 10.4 Å². The van der Waals surface area contributed by atoms with E-state index in [4.69, 9.17) is 5.11 Å². The van der Waals surface area contributed by atoms with Gasteiger partial charge in [-0.25, -0.2) is 4.79 Å². The van der Waals surface area contributed by atoms with Gasteiger partial charge in [-0.05, 0) is 44.2 Å². The van der Waals surface area contributed by atoms with Crippen LogP contribution in [0.2, 0.25) is 0 Å². The molecule has 0 saturated carbocycles. The predicted octanol–water partition coefficient (Wildman–Crippen LogP) is 4.69. The number of anilines is 1. The second-order valence-corrected chi connectivity index (χ2v) is 6.58. The molecule has 1 heterocycles. The molecule has 1 atom stereocenters.